The highest BCUT2D eigenvalue weighted by Crippen LogP contribution is 2.42. The van der Waals surface area contributed by atoms with Crippen LogP contribution >= 0.6 is 15.9 Å². The lowest BCUT2D eigenvalue weighted by atomic mass is 9.83. The second-order valence-electron chi connectivity index (χ2n) is 6.68. The molecule has 118 valence electrons. The highest BCUT2D eigenvalue weighted by atomic mass is 79.9. The maximum Gasteiger partial charge on any atom is 0.0710 e. The van der Waals surface area contributed by atoms with Gasteiger partial charge in [-0.25, -0.2) is 0 Å². The van der Waals surface area contributed by atoms with Gasteiger partial charge in [-0.15, -0.1) is 0 Å². The first-order valence-corrected chi connectivity index (χ1v) is 9.83. The van der Waals surface area contributed by atoms with E-state index in [4.69, 9.17) is 4.74 Å². The Balaban J connectivity index is 1.87. The highest BCUT2D eigenvalue weighted by molar-refractivity contribution is 9.09. The Kier molecular flexibility index (Phi) is 6.83. The lowest BCUT2D eigenvalue weighted by molar-refractivity contribution is -0.0745. The molecule has 1 heterocycles. The van der Waals surface area contributed by atoms with Crippen molar-refractivity contribution in [2.75, 3.05) is 18.4 Å². The van der Waals surface area contributed by atoms with Crippen molar-refractivity contribution >= 4 is 15.9 Å². The summed E-state index contributed by atoms with van der Waals surface area (Å²) in [6.07, 6.45) is 12.4. The Hall–Kier alpha value is 0.400. The predicted molar refractivity (Wildman–Crippen MR) is 89.7 cm³/mol. The molecule has 2 rings (SSSR count). The van der Waals surface area contributed by atoms with Crippen LogP contribution in [0.1, 0.15) is 71.6 Å². The van der Waals surface area contributed by atoms with Crippen LogP contribution < -0.4 is 0 Å². The van der Waals surface area contributed by atoms with Crippen LogP contribution in [-0.4, -0.2) is 41.1 Å². The molecule has 2 aliphatic rings. The summed E-state index contributed by atoms with van der Waals surface area (Å²) in [7, 11) is 0. The van der Waals surface area contributed by atoms with Gasteiger partial charge in [-0.3, -0.25) is 4.90 Å². The molecule has 1 spiro atoms. The van der Waals surface area contributed by atoms with Gasteiger partial charge >= 0.3 is 0 Å². The first-order valence-electron chi connectivity index (χ1n) is 8.71. The summed E-state index contributed by atoms with van der Waals surface area (Å²) in [6.45, 7) is 6.92. The summed E-state index contributed by atoms with van der Waals surface area (Å²) in [6, 6.07) is 0.721. The van der Waals surface area contributed by atoms with E-state index >= 15 is 0 Å². The van der Waals surface area contributed by atoms with Crippen LogP contribution in [0.25, 0.3) is 0 Å². The highest BCUT2D eigenvalue weighted by Gasteiger charge is 2.41. The minimum Gasteiger partial charge on any atom is -0.370 e. The molecule has 1 saturated carbocycles. The fraction of sp³-hybridized carbons (Fsp3) is 1.00. The lowest BCUT2D eigenvalue weighted by Crippen LogP contribution is -2.42. The first kappa shape index (κ1) is 16.8. The van der Waals surface area contributed by atoms with Crippen molar-refractivity contribution in [3.05, 3.63) is 0 Å². The average Bonchev–Trinajstić information content (AvgIpc) is 2.84. The normalized spacial score (nSPS) is 25.9. The van der Waals surface area contributed by atoms with E-state index in [0.29, 0.717) is 6.10 Å². The van der Waals surface area contributed by atoms with Gasteiger partial charge < -0.3 is 4.74 Å². The van der Waals surface area contributed by atoms with Crippen molar-refractivity contribution in [1.82, 2.24) is 4.90 Å². The van der Waals surface area contributed by atoms with Gasteiger partial charge in [0.05, 0.1) is 11.7 Å². The summed E-state index contributed by atoms with van der Waals surface area (Å²) in [5, 5.41) is 1.07. The molecule has 1 aliphatic carbocycles. The van der Waals surface area contributed by atoms with Gasteiger partial charge in [0.1, 0.15) is 0 Å². The summed E-state index contributed by atoms with van der Waals surface area (Å²) in [5.41, 5.74) is 0.275. The summed E-state index contributed by atoms with van der Waals surface area (Å²) in [4.78, 5) is 2.65. The maximum absolute atomic E-state index is 6.55. The molecule has 2 fully saturated rings. The number of hydrogen-bond acceptors (Lipinski definition) is 2. The van der Waals surface area contributed by atoms with Crippen molar-refractivity contribution < 1.29 is 4.74 Å². The zero-order valence-corrected chi connectivity index (χ0v) is 15.0. The SMILES string of the molecule is CCC(CC)N(CCBr)CC1CCC2(CCCCC2)O1. The number of halogens is 1. The van der Waals surface area contributed by atoms with Crippen LogP contribution in [0.5, 0.6) is 0 Å². The fourth-order valence-electron chi connectivity index (χ4n) is 4.19. The lowest BCUT2D eigenvalue weighted by Gasteiger charge is -2.35. The van der Waals surface area contributed by atoms with Crippen molar-refractivity contribution in [3.63, 3.8) is 0 Å². The molecule has 3 heteroatoms. The van der Waals surface area contributed by atoms with E-state index in [9.17, 15) is 0 Å². The third kappa shape index (κ3) is 4.20. The van der Waals surface area contributed by atoms with Crippen molar-refractivity contribution in [2.45, 2.75) is 89.4 Å². The van der Waals surface area contributed by atoms with E-state index < -0.39 is 0 Å². The molecule has 1 aliphatic heterocycles. The van der Waals surface area contributed by atoms with E-state index in [1.165, 1.54) is 57.8 Å². The van der Waals surface area contributed by atoms with Crippen molar-refractivity contribution in [1.29, 1.82) is 0 Å². The van der Waals surface area contributed by atoms with Gasteiger partial charge in [-0.05, 0) is 38.5 Å². The topological polar surface area (TPSA) is 12.5 Å². The molecule has 1 unspecified atom stereocenters. The Morgan fingerprint density at radius 1 is 1.15 bits per heavy atom. The van der Waals surface area contributed by atoms with Crippen LogP contribution in [0, 0.1) is 0 Å². The Bertz CT molecular complexity index is 274. The Labute approximate surface area is 133 Å². The van der Waals surface area contributed by atoms with E-state index in [1.807, 2.05) is 0 Å². The van der Waals surface area contributed by atoms with Crippen LogP contribution in [0.15, 0.2) is 0 Å². The number of nitrogens with zero attached hydrogens (tertiary/aromatic N) is 1. The summed E-state index contributed by atoms with van der Waals surface area (Å²) in [5.74, 6) is 0. The average molecular weight is 346 g/mol. The van der Waals surface area contributed by atoms with Crippen molar-refractivity contribution in [2.24, 2.45) is 0 Å². The molecule has 0 bridgehead atoms. The molecule has 20 heavy (non-hydrogen) atoms. The van der Waals surface area contributed by atoms with Gasteiger partial charge in [0.2, 0.25) is 0 Å². The number of alkyl halides is 1. The molecule has 0 aromatic rings. The predicted octanol–water partition coefficient (Wildman–Crippen LogP) is 4.75. The monoisotopic (exact) mass is 345 g/mol. The molecule has 1 saturated heterocycles. The molecule has 0 aromatic heterocycles. The standard InChI is InChI=1S/C17H32BrNO/c1-3-15(4-2)19(13-12-18)14-16-8-11-17(20-16)9-6-5-7-10-17/h15-16H,3-14H2,1-2H3. The molecule has 1 atom stereocenters. The Morgan fingerprint density at radius 2 is 1.85 bits per heavy atom. The summed E-state index contributed by atoms with van der Waals surface area (Å²) >= 11 is 3.61. The first-order chi connectivity index (χ1) is 9.73. The van der Waals surface area contributed by atoms with Crippen molar-refractivity contribution in [3.8, 4) is 0 Å². The minimum atomic E-state index is 0.275. The zero-order chi connectivity index (χ0) is 14.4. The smallest absolute Gasteiger partial charge is 0.0710 e. The van der Waals surface area contributed by atoms with E-state index in [0.717, 1.165) is 24.5 Å². The molecule has 0 aromatic carbocycles. The third-order valence-electron chi connectivity index (χ3n) is 5.37. The number of ether oxygens (including phenoxy) is 1. The van der Waals surface area contributed by atoms with E-state index in [2.05, 4.69) is 34.7 Å². The van der Waals surface area contributed by atoms with Gasteiger partial charge in [-0.2, -0.15) is 0 Å². The molecular formula is C17H32BrNO. The third-order valence-corrected chi connectivity index (χ3v) is 5.73. The zero-order valence-electron chi connectivity index (χ0n) is 13.4. The molecule has 0 N–H and O–H groups in total. The Morgan fingerprint density at radius 3 is 2.45 bits per heavy atom. The number of rotatable bonds is 7. The van der Waals surface area contributed by atoms with Crippen LogP contribution in [0.4, 0.5) is 0 Å². The maximum atomic E-state index is 6.55. The second-order valence-corrected chi connectivity index (χ2v) is 7.47. The molecule has 2 nitrogen and oxygen atoms in total. The van der Waals surface area contributed by atoms with Gasteiger partial charge in [0.25, 0.3) is 0 Å². The van der Waals surface area contributed by atoms with Crippen LogP contribution in [0.2, 0.25) is 0 Å². The van der Waals surface area contributed by atoms with Gasteiger partial charge in [-0.1, -0.05) is 49.0 Å². The largest absolute Gasteiger partial charge is 0.370 e. The fourth-order valence-corrected chi connectivity index (χ4v) is 4.64. The van der Waals surface area contributed by atoms with Crippen LogP contribution in [-0.2, 0) is 4.74 Å². The van der Waals surface area contributed by atoms with Crippen LogP contribution in [0.3, 0.4) is 0 Å². The van der Waals surface area contributed by atoms with E-state index in [1.54, 1.807) is 0 Å². The number of hydrogen-bond donors (Lipinski definition) is 0. The van der Waals surface area contributed by atoms with Gasteiger partial charge in [0, 0.05) is 24.5 Å². The second kappa shape index (κ2) is 8.14. The summed E-state index contributed by atoms with van der Waals surface area (Å²) < 4.78 is 6.55. The van der Waals surface area contributed by atoms with Gasteiger partial charge in [0.15, 0.2) is 0 Å². The van der Waals surface area contributed by atoms with E-state index in [-0.39, 0.29) is 5.60 Å². The minimum absolute atomic E-state index is 0.275. The molecule has 0 amide bonds. The molecule has 0 radical (unpaired) electrons. The molecular weight excluding hydrogens is 314 g/mol. The quantitative estimate of drug-likeness (QED) is 0.617.